The molecular weight excluding hydrogens is 204 g/mol. The highest BCUT2D eigenvalue weighted by Gasteiger charge is 2.39. The number of primary amides is 1. The Morgan fingerprint density at radius 2 is 1.88 bits per heavy atom. The molecule has 90 valence electrons. The third-order valence-corrected chi connectivity index (χ3v) is 4.01. The molecule has 0 aromatic carbocycles. The summed E-state index contributed by atoms with van der Waals surface area (Å²) in [7, 11) is 0. The van der Waals surface area contributed by atoms with Gasteiger partial charge >= 0.3 is 0 Å². The summed E-state index contributed by atoms with van der Waals surface area (Å²) < 4.78 is 0. The van der Waals surface area contributed by atoms with Crippen LogP contribution >= 0.6 is 0 Å². The van der Waals surface area contributed by atoms with Gasteiger partial charge in [0, 0.05) is 12.6 Å². The first-order valence-electron chi connectivity index (χ1n) is 6.19. The van der Waals surface area contributed by atoms with Crippen LogP contribution in [-0.4, -0.2) is 29.3 Å². The molecule has 2 aliphatic rings. The summed E-state index contributed by atoms with van der Waals surface area (Å²) in [5.74, 6) is -0.274. The molecule has 1 aliphatic heterocycles. The lowest BCUT2D eigenvalue weighted by Gasteiger charge is -2.33. The van der Waals surface area contributed by atoms with Crippen molar-refractivity contribution in [1.29, 1.82) is 0 Å². The van der Waals surface area contributed by atoms with Crippen molar-refractivity contribution in [3.05, 3.63) is 0 Å². The summed E-state index contributed by atoms with van der Waals surface area (Å²) in [6.07, 6.45) is 5.16. The lowest BCUT2D eigenvalue weighted by Crippen LogP contribution is -2.41. The third-order valence-electron chi connectivity index (χ3n) is 4.01. The summed E-state index contributed by atoms with van der Waals surface area (Å²) in [4.78, 5) is 24.9. The number of hydrogen-bond acceptors (Lipinski definition) is 2. The zero-order valence-electron chi connectivity index (χ0n) is 9.82. The summed E-state index contributed by atoms with van der Waals surface area (Å²) >= 11 is 0. The lowest BCUT2D eigenvalue weighted by atomic mass is 9.86. The van der Waals surface area contributed by atoms with Gasteiger partial charge in [-0.2, -0.15) is 0 Å². The van der Waals surface area contributed by atoms with Gasteiger partial charge in [-0.05, 0) is 38.0 Å². The number of carbonyl (C=O) groups is 2. The molecule has 0 aromatic heterocycles. The molecule has 1 atom stereocenters. The second-order valence-electron chi connectivity index (χ2n) is 5.19. The molecule has 1 aliphatic carbocycles. The Labute approximate surface area is 96.2 Å². The van der Waals surface area contributed by atoms with E-state index in [9.17, 15) is 9.59 Å². The van der Waals surface area contributed by atoms with Crippen molar-refractivity contribution in [3.8, 4) is 0 Å². The number of nitrogens with two attached hydrogens (primary N) is 1. The maximum absolute atomic E-state index is 12.0. The Hall–Kier alpha value is -1.06. The Morgan fingerprint density at radius 1 is 1.25 bits per heavy atom. The maximum Gasteiger partial charge on any atom is 0.235 e. The third kappa shape index (κ3) is 2.06. The number of nitrogens with zero attached hydrogens (tertiary/aromatic N) is 1. The number of carbonyl (C=O) groups excluding carboxylic acids is 2. The maximum atomic E-state index is 12.0. The van der Waals surface area contributed by atoms with E-state index in [2.05, 4.69) is 6.92 Å². The summed E-state index contributed by atoms with van der Waals surface area (Å²) in [6.45, 7) is 2.97. The number of amides is 2. The van der Waals surface area contributed by atoms with Crippen LogP contribution in [0.25, 0.3) is 0 Å². The van der Waals surface area contributed by atoms with Crippen molar-refractivity contribution in [3.63, 3.8) is 0 Å². The van der Waals surface area contributed by atoms with Crippen LogP contribution in [0.5, 0.6) is 0 Å². The van der Waals surface area contributed by atoms with Crippen molar-refractivity contribution < 1.29 is 9.59 Å². The van der Waals surface area contributed by atoms with Gasteiger partial charge in [0.25, 0.3) is 0 Å². The molecular formula is C12H20N2O2. The van der Waals surface area contributed by atoms with Crippen LogP contribution in [0.4, 0.5) is 0 Å². The monoisotopic (exact) mass is 224 g/mol. The predicted octanol–water partition coefficient (Wildman–Crippen LogP) is 0.899. The normalized spacial score (nSPS) is 35.4. The molecule has 0 bridgehead atoms. The van der Waals surface area contributed by atoms with Crippen LogP contribution in [0.1, 0.15) is 39.0 Å². The van der Waals surface area contributed by atoms with Crippen molar-refractivity contribution >= 4 is 11.8 Å². The van der Waals surface area contributed by atoms with E-state index in [4.69, 9.17) is 5.73 Å². The van der Waals surface area contributed by atoms with Gasteiger partial charge in [0.15, 0.2) is 0 Å². The quantitative estimate of drug-likeness (QED) is 0.708. The first kappa shape index (κ1) is 11.4. The molecule has 4 heteroatoms. The SMILES string of the molecule is CC1CCC(N2CCC(C(N)=O)C2=O)CC1. The molecule has 1 heterocycles. The second kappa shape index (κ2) is 4.44. The fraction of sp³-hybridized carbons (Fsp3) is 0.833. The van der Waals surface area contributed by atoms with Crippen LogP contribution in [0, 0.1) is 11.8 Å². The molecule has 1 saturated carbocycles. The summed E-state index contributed by atoms with van der Waals surface area (Å²) in [6, 6.07) is 0.355. The minimum atomic E-state index is -0.556. The average molecular weight is 224 g/mol. The van der Waals surface area contributed by atoms with E-state index in [0.717, 1.165) is 18.8 Å². The van der Waals surface area contributed by atoms with Gasteiger partial charge in [-0.15, -0.1) is 0 Å². The molecule has 2 N–H and O–H groups in total. The van der Waals surface area contributed by atoms with Gasteiger partial charge in [0.05, 0.1) is 0 Å². The van der Waals surface area contributed by atoms with Crippen molar-refractivity contribution in [2.75, 3.05) is 6.54 Å². The van der Waals surface area contributed by atoms with E-state index in [-0.39, 0.29) is 5.91 Å². The fourth-order valence-electron chi connectivity index (χ4n) is 2.88. The van der Waals surface area contributed by atoms with Gasteiger partial charge in [0.2, 0.25) is 11.8 Å². The van der Waals surface area contributed by atoms with Gasteiger partial charge in [-0.25, -0.2) is 0 Å². The highest BCUT2D eigenvalue weighted by molar-refractivity contribution is 6.01. The molecule has 4 nitrogen and oxygen atoms in total. The molecule has 0 aromatic rings. The van der Waals surface area contributed by atoms with Gasteiger partial charge in [0.1, 0.15) is 5.92 Å². The highest BCUT2D eigenvalue weighted by Crippen LogP contribution is 2.31. The number of rotatable bonds is 2. The fourth-order valence-corrected chi connectivity index (χ4v) is 2.88. The average Bonchev–Trinajstić information content (AvgIpc) is 2.61. The summed E-state index contributed by atoms with van der Waals surface area (Å²) in [5, 5.41) is 0. The summed E-state index contributed by atoms with van der Waals surface area (Å²) in [5.41, 5.74) is 5.22. The minimum absolute atomic E-state index is 0.0351. The first-order chi connectivity index (χ1) is 7.59. The van der Waals surface area contributed by atoms with Crippen LogP contribution in [0.3, 0.4) is 0 Å². The van der Waals surface area contributed by atoms with Crippen LogP contribution in [0.2, 0.25) is 0 Å². The Bertz CT molecular complexity index is 295. The smallest absolute Gasteiger partial charge is 0.235 e. The molecule has 0 spiro atoms. The molecule has 1 saturated heterocycles. The van der Waals surface area contributed by atoms with E-state index in [1.54, 1.807) is 0 Å². The molecule has 0 radical (unpaired) electrons. The van der Waals surface area contributed by atoms with Crippen molar-refractivity contribution in [2.24, 2.45) is 17.6 Å². The lowest BCUT2D eigenvalue weighted by molar-refractivity contribution is -0.138. The first-order valence-corrected chi connectivity index (χ1v) is 6.19. The number of likely N-dealkylation sites (tertiary alicyclic amines) is 1. The Morgan fingerprint density at radius 3 is 2.38 bits per heavy atom. The molecule has 2 rings (SSSR count). The van der Waals surface area contributed by atoms with Crippen LogP contribution < -0.4 is 5.73 Å². The van der Waals surface area contributed by atoms with Crippen LogP contribution in [-0.2, 0) is 9.59 Å². The highest BCUT2D eigenvalue weighted by atomic mass is 16.2. The van der Waals surface area contributed by atoms with Crippen molar-refractivity contribution in [1.82, 2.24) is 4.90 Å². The van der Waals surface area contributed by atoms with Crippen LogP contribution in [0.15, 0.2) is 0 Å². The van der Waals surface area contributed by atoms with E-state index in [0.29, 0.717) is 19.0 Å². The van der Waals surface area contributed by atoms with E-state index < -0.39 is 11.8 Å². The van der Waals surface area contributed by atoms with Crippen molar-refractivity contribution in [2.45, 2.75) is 45.1 Å². The molecule has 16 heavy (non-hydrogen) atoms. The van der Waals surface area contributed by atoms with Gasteiger partial charge in [-0.3, -0.25) is 9.59 Å². The molecule has 2 amide bonds. The zero-order chi connectivity index (χ0) is 11.7. The zero-order valence-corrected chi connectivity index (χ0v) is 9.82. The molecule has 1 unspecified atom stereocenters. The Balaban J connectivity index is 1.96. The Kier molecular flexibility index (Phi) is 3.17. The van der Waals surface area contributed by atoms with Gasteiger partial charge < -0.3 is 10.6 Å². The van der Waals surface area contributed by atoms with E-state index in [1.165, 1.54) is 12.8 Å². The predicted molar refractivity (Wildman–Crippen MR) is 60.4 cm³/mol. The molecule has 2 fully saturated rings. The van der Waals surface area contributed by atoms with Gasteiger partial charge in [-0.1, -0.05) is 6.92 Å². The van der Waals surface area contributed by atoms with E-state index in [1.807, 2.05) is 4.90 Å². The van der Waals surface area contributed by atoms with E-state index >= 15 is 0 Å². The second-order valence-corrected chi connectivity index (χ2v) is 5.19. The standard InChI is InChI=1S/C12H20N2O2/c1-8-2-4-9(5-3-8)14-7-6-10(11(13)15)12(14)16/h8-10H,2-7H2,1H3,(H2,13,15). The largest absolute Gasteiger partial charge is 0.369 e. The minimum Gasteiger partial charge on any atom is -0.369 e. The topological polar surface area (TPSA) is 63.4 Å². The number of hydrogen-bond donors (Lipinski definition) is 1.